The van der Waals surface area contributed by atoms with E-state index in [1.54, 1.807) is 32.6 Å². The maximum absolute atomic E-state index is 6.55. The molecule has 3 nitrogen and oxygen atoms in total. The maximum Gasteiger partial charge on any atom is 0.162 e. The monoisotopic (exact) mass is 314 g/mol. The number of furan rings is 1. The predicted molar refractivity (Wildman–Crippen MR) is 80.3 cm³/mol. The third-order valence-electron chi connectivity index (χ3n) is 3.15. The van der Waals surface area contributed by atoms with Crippen molar-refractivity contribution in [3.63, 3.8) is 0 Å². The number of methoxy groups -OCH3 is 2. The molecule has 0 radical (unpaired) electrons. The smallest absolute Gasteiger partial charge is 0.162 e. The van der Waals surface area contributed by atoms with Gasteiger partial charge in [0.05, 0.1) is 25.9 Å². The Morgan fingerprint density at radius 2 is 1.80 bits per heavy atom. The van der Waals surface area contributed by atoms with Crippen LogP contribution < -0.4 is 9.47 Å². The molecule has 0 amide bonds. The summed E-state index contributed by atoms with van der Waals surface area (Å²) >= 11 is 12.8. The van der Waals surface area contributed by atoms with Crippen molar-refractivity contribution in [2.75, 3.05) is 14.2 Å². The van der Waals surface area contributed by atoms with Crippen LogP contribution in [-0.4, -0.2) is 14.2 Å². The molecule has 20 heavy (non-hydrogen) atoms. The van der Waals surface area contributed by atoms with E-state index < -0.39 is 5.38 Å². The molecule has 2 rings (SSSR count). The van der Waals surface area contributed by atoms with Gasteiger partial charge in [-0.15, -0.1) is 11.6 Å². The van der Waals surface area contributed by atoms with E-state index in [-0.39, 0.29) is 0 Å². The highest BCUT2D eigenvalue weighted by Crippen LogP contribution is 2.41. The fraction of sp³-hybridized carbons (Fsp3) is 0.333. The first-order chi connectivity index (χ1) is 9.62. The number of hydrogen-bond donors (Lipinski definition) is 0. The largest absolute Gasteiger partial charge is 0.493 e. The van der Waals surface area contributed by atoms with E-state index in [0.717, 1.165) is 23.3 Å². The van der Waals surface area contributed by atoms with Gasteiger partial charge >= 0.3 is 0 Å². The number of benzene rings is 1. The topological polar surface area (TPSA) is 31.6 Å². The zero-order valence-electron chi connectivity index (χ0n) is 11.6. The molecule has 1 aromatic carbocycles. The molecule has 0 spiro atoms. The normalized spacial score (nSPS) is 12.2. The van der Waals surface area contributed by atoms with Crippen LogP contribution in [0, 0.1) is 0 Å². The van der Waals surface area contributed by atoms with Crippen molar-refractivity contribution in [1.29, 1.82) is 0 Å². The second-order valence-electron chi connectivity index (χ2n) is 4.24. The molecule has 0 saturated carbocycles. The van der Waals surface area contributed by atoms with Crippen molar-refractivity contribution in [2.24, 2.45) is 0 Å². The highest BCUT2D eigenvalue weighted by molar-refractivity contribution is 6.33. The predicted octanol–water partition coefficient (Wildman–Crippen LogP) is 4.84. The number of rotatable bonds is 5. The van der Waals surface area contributed by atoms with Crippen molar-refractivity contribution in [2.45, 2.75) is 18.7 Å². The fourth-order valence-electron chi connectivity index (χ4n) is 2.10. The molecular formula is C15H16Cl2O3. The number of ether oxygens (including phenoxy) is 2. The van der Waals surface area contributed by atoms with Gasteiger partial charge in [0.1, 0.15) is 5.76 Å². The summed E-state index contributed by atoms with van der Waals surface area (Å²) in [6, 6.07) is 5.37. The van der Waals surface area contributed by atoms with Gasteiger partial charge in [0.15, 0.2) is 11.5 Å². The van der Waals surface area contributed by atoms with Crippen molar-refractivity contribution in [3.05, 3.63) is 46.4 Å². The lowest BCUT2D eigenvalue weighted by atomic mass is 10.0. The molecule has 5 heteroatoms. The summed E-state index contributed by atoms with van der Waals surface area (Å²) in [5.74, 6) is 2.03. The van der Waals surface area contributed by atoms with Crippen LogP contribution in [0.3, 0.4) is 0 Å². The minimum absolute atomic E-state index is 0.393. The van der Waals surface area contributed by atoms with Gasteiger partial charge in [0, 0.05) is 23.1 Å². The average Bonchev–Trinajstić information content (AvgIpc) is 2.94. The first kappa shape index (κ1) is 15.1. The van der Waals surface area contributed by atoms with Crippen LogP contribution in [-0.2, 0) is 6.42 Å². The van der Waals surface area contributed by atoms with Gasteiger partial charge in [0.25, 0.3) is 0 Å². The zero-order valence-corrected chi connectivity index (χ0v) is 13.1. The molecule has 1 unspecified atom stereocenters. The van der Waals surface area contributed by atoms with Crippen LogP contribution >= 0.6 is 23.2 Å². The molecule has 0 fully saturated rings. The van der Waals surface area contributed by atoms with Gasteiger partial charge in [-0.3, -0.25) is 0 Å². The molecule has 2 aromatic rings. The molecule has 0 saturated heterocycles. The van der Waals surface area contributed by atoms with Crippen molar-refractivity contribution in [1.82, 2.24) is 0 Å². The van der Waals surface area contributed by atoms with E-state index >= 15 is 0 Å². The maximum atomic E-state index is 6.55. The molecule has 0 aliphatic carbocycles. The molecule has 1 heterocycles. The van der Waals surface area contributed by atoms with Crippen LogP contribution in [0.25, 0.3) is 0 Å². The molecular weight excluding hydrogens is 299 g/mol. The van der Waals surface area contributed by atoms with Crippen LogP contribution in [0.15, 0.2) is 28.9 Å². The van der Waals surface area contributed by atoms with Gasteiger partial charge in [-0.2, -0.15) is 0 Å². The minimum atomic E-state index is -0.393. The number of halogens is 2. The van der Waals surface area contributed by atoms with Crippen molar-refractivity contribution >= 4 is 23.2 Å². The lowest BCUT2D eigenvalue weighted by Crippen LogP contribution is -1.99. The molecule has 0 bridgehead atoms. The van der Waals surface area contributed by atoms with E-state index in [1.807, 2.05) is 13.0 Å². The van der Waals surface area contributed by atoms with E-state index in [2.05, 4.69) is 0 Å². The molecule has 0 aliphatic rings. The van der Waals surface area contributed by atoms with E-state index in [4.69, 9.17) is 37.1 Å². The summed E-state index contributed by atoms with van der Waals surface area (Å²) in [5, 5.41) is 0.141. The van der Waals surface area contributed by atoms with Crippen molar-refractivity contribution < 1.29 is 13.9 Å². The summed E-state index contributed by atoms with van der Waals surface area (Å²) in [6.07, 6.45) is 2.41. The highest BCUT2D eigenvalue weighted by Gasteiger charge is 2.21. The number of aryl methyl sites for hydroxylation is 1. The lowest BCUT2D eigenvalue weighted by Gasteiger charge is -2.15. The first-order valence-electron chi connectivity index (χ1n) is 6.24. The van der Waals surface area contributed by atoms with Gasteiger partial charge in [-0.1, -0.05) is 18.5 Å². The quantitative estimate of drug-likeness (QED) is 0.740. The Labute approximate surface area is 128 Å². The second kappa shape index (κ2) is 6.42. The minimum Gasteiger partial charge on any atom is -0.493 e. The Morgan fingerprint density at radius 1 is 1.15 bits per heavy atom. The van der Waals surface area contributed by atoms with E-state index in [0.29, 0.717) is 16.5 Å². The fourth-order valence-corrected chi connectivity index (χ4v) is 2.79. The summed E-state index contributed by atoms with van der Waals surface area (Å²) in [4.78, 5) is 0. The van der Waals surface area contributed by atoms with Crippen molar-refractivity contribution in [3.8, 4) is 11.5 Å². The number of hydrogen-bond acceptors (Lipinski definition) is 3. The van der Waals surface area contributed by atoms with Crippen LogP contribution in [0.2, 0.25) is 5.02 Å². The van der Waals surface area contributed by atoms with Crippen LogP contribution in [0.5, 0.6) is 11.5 Å². The second-order valence-corrected chi connectivity index (χ2v) is 5.09. The molecule has 0 aliphatic heterocycles. The Morgan fingerprint density at radius 3 is 2.40 bits per heavy atom. The Bertz CT molecular complexity index is 593. The highest BCUT2D eigenvalue weighted by atomic mass is 35.5. The average molecular weight is 315 g/mol. The Balaban J connectivity index is 2.46. The Kier molecular flexibility index (Phi) is 4.84. The molecule has 0 N–H and O–H groups in total. The number of alkyl halides is 1. The lowest BCUT2D eigenvalue weighted by molar-refractivity contribution is 0.354. The molecule has 1 aromatic heterocycles. The first-order valence-corrected chi connectivity index (χ1v) is 7.05. The summed E-state index contributed by atoms with van der Waals surface area (Å²) in [6.45, 7) is 2.02. The van der Waals surface area contributed by atoms with Gasteiger partial charge in [0.2, 0.25) is 0 Å². The van der Waals surface area contributed by atoms with Gasteiger partial charge in [-0.25, -0.2) is 0 Å². The standard InChI is InChI=1S/C15H16Cl2O3/c1-4-12-9(5-6-20-12)15(17)10-7-13(18-2)14(19-3)8-11(10)16/h5-8,15H,4H2,1-3H3. The molecule has 1 atom stereocenters. The zero-order chi connectivity index (χ0) is 14.7. The van der Waals surface area contributed by atoms with E-state index in [1.165, 1.54) is 0 Å². The third-order valence-corrected chi connectivity index (χ3v) is 3.95. The van der Waals surface area contributed by atoms with Crippen LogP contribution in [0.4, 0.5) is 0 Å². The summed E-state index contributed by atoms with van der Waals surface area (Å²) in [5.41, 5.74) is 1.69. The molecule has 108 valence electrons. The summed E-state index contributed by atoms with van der Waals surface area (Å²) < 4.78 is 15.9. The van der Waals surface area contributed by atoms with E-state index in [9.17, 15) is 0 Å². The summed E-state index contributed by atoms with van der Waals surface area (Å²) in [7, 11) is 3.14. The Hall–Kier alpha value is -1.32. The SMILES string of the molecule is CCc1occc1C(Cl)c1cc(OC)c(OC)cc1Cl. The van der Waals surface area contributed by atoms with Gasteiger partial charge in [-0.05, 0) is 17.7 Å². The third kappa shape index (κ3) is 2.74. The van der Waals surface area contributed by atoms with Crippen LogP contribution in [0.1, 0.15) is 29.2 Å². The van der Waals surface area contributed by atoms with Gasteiger partial charge < -0.3 is 13.9 Å².